The molecule has 132 valence electrons. The van der Waals surface area contributed by atoms with Crippen LogP contribution in [0, 0.1) is 0 Å². The van der Waals surface area contributed by atoms with Gasteiger partial charge in [-0.1, -0.05) is 41.9 Å². The van der Waals surface area contributed by atoms with Gasteiger partial charge in [-0.05, 0) is 54.1 Å². The lowest BCUT2D eigenvalue weighted by molar-refractivity contribution is -0.117. The van der Waals surface area contributed by atoms with E-state index in [1.165, 1.54) is 0 Å². The van der Waals surface area contributed by atoms with Gasteiger partial charge in [-0.2, -0.15) is 0 Å². The molecule has 0 saturated carbocycles. The van der Waals surface area contributed by atoms with Crippen LogP contribution in [0.5, 0.6) is 5.75 Å². The number of ether oxygens (including phenoxy) is 1. The number of nitrogens with one attached hydrogen (secondary N) is 2. The summed E-state index contributed by atoms with van der Waals surface area (Å²) in [7, 11) is 1.61. The molecule has 1 unspecified atom stereocenters. The van der Waals surface area contributed by atoms with E-state index in [-0.39, 0.29) is 5.91 Å². The summed E-state index contributed by atoms with van der Waals surface area (Å²) in [5.74, 6) is 0.582. The van der Waals surface area contributed by atoms with Crippen LogP contribution in [0.3, 0.4) is 0 Å². The van der Waals surface area contributed by atoms with Crippen LogP contribution in [0.25, 0.3) is 0 Å². The van der Waals surface area contributed by atoms with Crippen molar-refractivity contribution in [3.05, 3.63) is 89.4 Å². The third-order valence-corrected chi connectivity index (χ3v) is 4.16. The average molecular weight is 367 g/mol. The van der Waals surface area contributed by atoms with Gasteiger partial charge in [0.25, 0.3) is 5.91 Å². The van der Waals surface area contributed by atoms with Crippen LogP contribution in [-0.4, -0.2) is 13.0 Å². The molecule has 0 radical (unpaired) electrons. The van der Waals surface area contributed by atoms with Crippen molar-refractivity contribution in [1.82, 2.24) is 0 Å². The Labute approximate surface area is 157 Å². The highest BCUT2D eigenvalue weighted by Gasteiger charge is 2.20. The van der Waals surface area contributed by atoms with E-state index in [2.05, 4.69) is 10.6 Å². The first kappa shape index (κ1) is 17.8. The molecule has 1 atom stereocenters. The number of carbonyl (C=O) groups is 1. The molecule has 0 aliphatic carbocycles. The molecule has 2 N–H and O–H groups in total. The summed E-state index contributed by atoms with van der Waals surface area (Å²) in [6.07, 6.45) is 0. The van der Waals surface area contributed by atoms with Gasteiger partial charge in [0.2, 0.25) is 0 Å². The number of carbonyl (C=O) groups excluding carboxylic acids is 1. The molecule has 0 spiro atoms. The van der Waals surface area contributed by atoms with Gasteiger partial charge in [0.05, 0.1) is 7.11 Å². The van der Waals surface area contributed by atoms with Gasteiger partial charge in [-0.3, -0.25) is 4.79 Å². The second-order valence-corrected chi connectivity index (χ2v) is 6.15. The van der Waals surface area contributed by atoms with Gasteiger partial charge in [0.1, 0.15) is 11.8 Å². The number of anilines is 2. The Balaban J connectivity index is 1.81. The van der Waals surface area contributed by atoms with Crippen LogP contribution in [-0.2, 0) is 4.79 Å². The maximum atomic E-state index is 12.9. The van der Waals surface area contributed by atoms with E-state index in [0.717, 1.165) is 17.0 Å². The number of methoxy groups -OCH3 is 1. The van der Waals surface area contributed by atoms with Crippen molar-refractivity contribution >= 4 is 28.9 Å². The Hall–Kier alpha value is -2.98. The molecular weight excluding hydrogens is 348 g/mol. The largest absolute Gasteiger partial charge is 0.497 e. The Morgan fingerprint density at radius 3 is 2.12 bits per heavy atom. The number of halogens is 1. The molecule has 3 aromatic rings. The van der Waals surface area contributed by atoms with Crippen LogP contribution in [0.1, 0.15) is 11.6 Å². The van der Waals surface area contributed by atoms with Crippen LogP contribution < -0.4 is 15.4 Å². The zero-order valence-corrected chi connectivity index (χ0v) is 15.0. The number of amides is 1. The maximum absolute atomic E-state index is 12.9. The van der Waals surface area contributed by atoms with Crippen LogP contribution in [0.15, 0.2) is 78.9 Å². The van der Waals surface area contributed by atoms with Gasteiger partial charge < -0.3 is 15.4 Å². The topological polar surface area (TPSA) is 50.4 Å². The zero-order chi connectivity index (χ0) is 18.4. The predicted molar refractivity (Wildman–Crippen MR) is 106 cm³/mol. The molecule has 3 aromatic carbocycles. The summed E-state index contributed by atoms with van der Waals surface area (Å²) in [4.78, 5) is 12.9. The average Bonchev–Trinajstić information content (AvgIpc) is 2.68. The van der Waals surface area contributed by atoms with Crippen LogP contribution >= 0.6 is 11.6 Å². The fourth-order valence-corrected chi connectivity index (χ4v) is 2.67. The van der Waals surface area contributed by atoms with Gasteiger partial charge in [-0.15, -0.1) is 0 Å². The lowest BCUT2D eigenvalue weighted by atomic mass is 10.1. The molecule has 0 aliphatic heterocycles. The predicted octanol–water partition coefficient (Wildman–Crippen LogP) is 5.14. The summed E-state index contributed by atoms with van der Waals surface area (Å²) in [5.41, 5.74) is 2.39. The molecule has 0 aromatic heterocycles. The Bertz CT molecular complexity index is 849. The highest BCUT2D eigenvalue weighted by atomic mass is 35.5. The van der Waals surface area contributed by atoms with Crippen molar-refractivity contribution in [2.24, 2.45) is 0 Å². The molecule has 0 aliphatic rings. The van der Waals surface area contributed by atoms with E-state index in [9.17, 15) is 4.79 Å². The Kier molecular flexibility index (Phi) is 5.77. The van der Waals surface area contributed by atoms with Gasteiger partial charge >= 0.3 is 0 Å². The van der Waals surface area contributed by atoms with Crippen molar-refractivity contribution in [1.29, 1.82) is 0 Å². The smallest absolute Gasteiger partial charge is 0.251 e. The summed E-state index contributed by atoms with van der Waals surface area (Å²) in [5, 5.41) is 6.86. The minimum atomic E-state index is -0.542. The minimum absolute atomic E-state index is 0.156. The molecule has 0 bridgehead atoms. The number of hydrogen-bond donors (Lipinski definition) is 2. The summed E-state index contributed by atoms with van der Waals surface area (Å²) < 4.78 is 5.14. The Morgan fingerprint density at radius 2 is 1.50 bits per heavy atom. The number of hydrogen-bond acceptors (Lipinski definition) is 3. The summed E-state index contributed by atoms with van der Waals surface area (Å²) >= 11 is 5.94. The molecule has 3 rings (SSSR count). The van der Waals surface area contributed by atoms with E-state index in [4.69, 9.17) is 16.3 Å². The van der Waals surface area contributed by atoms with Crippen molar-refractivity contribution in [3.8, 4) is 5.75 Å². The Morgan fingerprint density at radius 1 is 0.885 bits per heavy atom. The summed E-state index contributed by atoms with van der Waals surface area (Å²) in [6.45, 7) is 0. The van der Waals surface area contributed by atoms with E-state index in [0.29, 0.717) is 10.7 Å². The van der Waals surface area contributed by atoms with E-state index >= 15 is 0 Å². The highest BCUT2D eigenvalue weighted by molar-refractivity contribution is 6.30. The van der Waals surface area contributed by atoms with E-state index in [1.807, 2.05) is 42.5 Å². The quantitative estimate of drug-likeness (QED) is 0.635. The number of rotatable bonds is 6. The van der Waals surface area contributed by atoms with Crippen LogP contribution in [0.4, 0.5) is 11.4 Å². The van der Waals surface area contributed by atoms with Crippen molar-refractivity contribution < 1.29 is 9.53 Å². The van der Waals surface area contributed by atoms with Crippen molar-refractivity contribution in [2.45, 2.75) is 6.04 Å². The monoisotopic (exact) mass is 366 g/mol. The fraction of sp³-hybridized carbons (Fsp3) is 0.0952. The van der Waals surface area contributed by atoms with E-state index < -0.39 is 6.04 Å². The molecule has 0 heterocycles. The lowest BCUT2D eigenvalue weighted by Gasteiger charge is -2.20. The van der Waals surface area contributed by atoms with Crippen molar-refractivity contribution in [3.63, 3.8) is 0 Å². The molecule has 0 fully saturated rings. The van der Waals surface area contributed by atoms with E-state index in [1.54, 1.807) is 43.5 Å². The van der Waals surface area contributed by atoms with Crippen molar-refractivity contribution in [2.75, 3.05) is 17.7 Å². The van der Waals surface area contributed by atoms with Gasteiger partial charge in [0.15, 0.2) is 0 Å². The first-order valence-corrected chi connectivity index (χ1v) is 8.55. The maximum Gasteiger partial charge on any atom is 0.251 e. The number of benzene rings is 3. The third-order valence-electron chi connectivity index (χ3n) is 3.91. The minimum Gasteiger partial charge on any atom is -0.497 e. The SMILES string of the molecule is COc1ccc(NC(=O)C(Nc2ccc(Cl)cc2)c2ccccc2)cc1. The molecule has 4 nitrogen and oxygen atoms in total. The molecule has 0 saturated heterocycles. The first-order valence-electron chi connectivity index (χ1n) is 8.17. The second-order valence-electron chi connectivity index (χ2n) is 5.71. The molecular formula is C21H19ClN2O2. The molecule has 26 heavy (non-hydrogen) atoms. The van der Waals surface area contributed by atoms with Crippen LogP contribution in [0.2, 0.25) is 5.02 Å². The lowest BCUT2D eigenvalue weighted by Crippen LogP contribution is -2.27. The zero-order valence-electron chi connectivity index (χ0n) is 14.3. The standard InChI is InChI=1S/C21H19ClN2O2/c1-26-19-13-11-18(12-14-19)24-21(25)20(15-5-3-2-4-6-15)23-17-9-7-16(22)8-10-17/h2-14,20,23H,1H3,(H,24,25). The molecule has 1 amide bonds. The third kappa shape index (κ3) is 4.55. The summed E-state index contributed by atoms with van der Waals surface area (Å²) in [6, 6.07) is 23.5. The normalized spacial score (nSPS) is 11.5. The highest BCUT2D eigenvalue weighted by Crippen LogP contribution is 2.23. The molecule has 5 heteroatoms. The first-order chi connectivity index (χ1) is 12.7. The second kappa shape index (κ2) is 8.41. The van der Waals surface area contributed by atoms with Gasteiger partial charge in [0, 0.05) is 16.4 Å². The fourth-order valence-electron chi connectivity index (χ4n) is 2.55. The van der Waals surface area contributed by atoms with Gasteiger partial charge in [-0.25, -0.2) is 0 Å².